The van der Waals surface area contributed by atoms with Crippen molar-refractivity contribution in [3.8, 4) is 17.2 Å². The predicted molar refractivity (Wildman–Crippen MR) is 75.5 cm³/mol. The minimum Gasteiger partial charge on any atom is -0.437 e. The third kappa shape index (κ3) is 4.87. The number of ketones is 1. The average molecular weight is 342 g/mol. The van der Waals surface area contributed by atoms with Crippen LogP contribution in [0.4, 0.5) is 14.4 Å². The van der Waals surface area contributed by atoms with E-state index in [1.807, 2.05) is 0 Å². The van der Waals surface area contributed by atoms with Crippen LogP contribution in [0.5, 0.6) is 17.2 Å². The van der Waals surface area contributed by atoms with E-state index in [2.05, 4.69) is 14.2 Å². The second-order valence-corrected chi connectivity index (χ2v) is 4.02. The van der Waals surface area contributed by atoms with Gasteiger partial charge < -0.3 is 28.4 Å². The Morgan fingerprint density at radius 2 is 1.08 bits per heavy atom. The predicted octanol–water partition coefficient (Wildman–Crippen LogP) is 2.32. The van der Waals surface area contributed by atoms with E-state index < -0.39 is 24.2 Å². The molecule has 0 unspecified atom stereocenters. The smallest absolute Gasteiger partial charge is 0.437 e. The molecule has 0 aliphatic heterocycles. The fourth-order valence-corrected chi connectivity index (χ4v) is 1.53. The lowest BCUT2D eigenvalue weighted by Gasteiger charge is -2.13. The highest BCUT2D eigenvalue weighted by Gasteiger charge is 2.23. The summed E-state index contributed by atoms with van der Waals surface area (Å²) in [5.74, 6) is -1.52. The molecule has 0 saturated carbocycles. The van der Waals surface area contributed by atoms with E-state index in [1.165, 1.54) is 0 Å². The molecule has 0 atom stereocenters. The fourth-order valence-electron chi connectivity index (χ4n) is 1.53. The molecule has 0 radical (unpaired) electrons. The Labute approximate surface area is 136 Å². The largest absolute Gasteiger partial charge is 0.513 e. The maximum atomic E-state index is 11.8. The highest BCUT2D eigenvalue weighted by molar-refractivity contribution is 6.01. The van der Waals surface area contributed by atoms with Crippen LogP contribution in [0, 0.1) is 0 Å². The molecule has 0 fully saturated rings. The van der Waals surface area contributed by atoms with Crippen LogP contribution in [0.3, 0.4) is 0 Å². The maximum absolute atomic E-state index is 11.8. The second-order valence-electron chi connectivity index (χ2n) is 4.02. The molecule has 10 heteroatoms. The van der Waals surface area contributed by atoms with Crippen LogP contribution in [-0.2, 0) is 14.2 Å². The molecule has 1 aromatic rings. The van der Waals surface area contributed by atoms with Gasteiger partial charge in [-0.3, -0.25) is 4.79 Å². The van der Waals surface area contributed by atoms with E-state index in [0.717, 1.165) is 40.4 Å². The van der Waals surface area contributed by atoms with E-state index in [4.69, 9.17) is 14.2 Å². The molecule has 1 aromatic carbocycles. The molecule has 0 aliphatic carbocycles. The quantitative estimate of drug-likeness (QED) is 0.348. The highest BCUT2D eigenvalue weighted by Crippen LogP contribution is 2.35. The molecule has 0 saturated heterocycles. The van der Waals surface area contributed by atoms with E-state index in [0.29, 0.717) is 0 Å². The van der Waals surface area contributed by atoms with Gasteiger partial charge in [-0.2, -0.15) is 0 Å². The minimum absolute atomic E-state index is 0.218. The van der Waals surface area contributed by atoms with Gasteiger partial charge >= 0.3 is 18.5 Å². The number of hydrogen-bond acceptors (Lipinski definition) is 10. The number of hydrogen-bond donors (Lipinski definition) is 0. The summed E-state index contributed by atoms with van der Waals surface area (Å²) in [6.07, 6.45) is -3.37. The standard InChI is InChI=1S/C14H14O10/c1-7(15)11-9(23-13(17)20-3)5-8(22-12(16)19-2)6-10(11)24-14(18)21-4/h5-6H,1-4H3. The number of methoxy groups -OCH3 is 3. The Morgan fingerprint density at radius 3 is 1.42 bits per heavy atom. The first-order chi connectivity index (χ1) is 11.3. The van der Waals surface area contributed by atoms with Crippen molar-refractivity contribution in [3.05, 3.63) is 17.7 Å². The first-order valence-electron chi connectivity index (χ1n) is 6.28. The molecule has 0 N–H and O–H groups in total. The zero-order valence-corrected chi connectivity index (χ0v) is 13.2. The summed E-state index contributed by atoms with van der Waals surface area (Å²) >= 11 is 0. The summed E-state index contributed by atoms with van der Waals surface area (Å²) in [6.45, 7) is 1.14. The lowest BCUT2D eigenvalue weighted by molar-refractivity contribution is 0.0996. The summed E-state index contributed by atoms with van der Waals surface area (Å²) < 4.78 is 27.4. The Kier molecular flexibility index (Phi) is 6.53. The maximum Gasteiger partial charge on any atom is 0.513 e. The number of rotatable bonds is 4. The van der Waals surface area contributed by atoms with Gasteiger partial charge in [0.25, 0.3) is 0 Å². The van der Waals surface area contributed by atoms with Crippen LogP contribution in [0.2, 0.25) is 0 Å². The summed E-state index contributed by atoms with van der Waals surface area (Å²) in [5, 5.41) is 0. The lowest BCUT2D eigenvalue weighted by atomic mass is 10.1. The van der Waals surface area contributed by atoms with E-state index in [1.54, 1.807) is 0 Å². The van der Waals surface area contributed by atoms with Crippen molar-refractivity contribution in [2.45, 2.75) is 6.92 Å². The lowest BCUT2D eigenvalue weighted by Crippen LogP contribution is -2.15. The van der Waals surface area contributed by atoms with Gasteiger partial charge in [-0.1, -0.05) is 0 Å². The van der Waals surface area contributed by atoms with Crippen LogP contribution in [0.25, 0.3) is 0 Å². The number of ether oxygens (including phenoxy) is 6. The van der Waals surface area contributed by atoms with Crippen LogP contribution in [0.15, 0.2) is 12.1 Å². The summed E-state index contributed by atoms with van der Waals surface area (Å²) in [7, 11) is 3.18. The van der Waals surface area contributed by atoms with Crippen molar-refractivity contribution in [1.82, 2.24) is 0 Å². The molecule has 0 bridgehead atoms. The zero-order chi connectivity index (χ0) is 18.3. The van der Waals surface area contributed by atoms with Gasteiger partial charge in [-0.25, -0.2) is 14.4 Å². The fraction of sp³-hybridized carbons (Fsp3) is 0.286. The van der Waals surface area contributed by atoms with Gasteiger partial charge in [0.05, 0.1) is 21.3 Å². The van der Waals surface area contributed by atoms with Crippen molar-refractivity contribution in [2.24, 2.45) is 0 Å². The first kappa shape index (κ1) is 18.7. The third-order valence-corrected chi connectivity index (χ3v) is 2.48. The topological polar surface area (TPSA) is 124 Å². The summed E-state index contributed by atoms with van der Waals surface area (Å²) in [6, 6.07) is 2.10. The van der Waals surface area contributed by atoms with Gasteiger partial charge in [0.15, 0.2) is 17.3 Å². The third-order valence-electron chi connectivity index (χ3n) is 2.48. The van der Waals surface area contributed by atoms with Crippen molar-refractivity contribution in [1.29, 1.82) is 0 Å². The molecule has 130 valence electrons. The molecular weight excluding hydrogens is 328 g/mol. The van der Waals surface area contributed by atoms with Gasteiger partial charge in [0.1, 0.15) is 11.3 Å². The van der Waals surface area contributed by atoms with Gasteiger partial charge in [0, 0.05) is 12.1 Å². The Balaban J connectivity index is 3.44. The zero-order valence-electron chi connectivity index (χ0n) is 13.2. The Morgan fingerprint density at radius 1 is 0.708 bits per heavy atom. The van der Waals surface area contributed by atoms with Crippen molar-refractivity contribution < 1.29 is 47.6 Å². The van der Waals surface area contributed by atoms with Crippen LogP contribution >= 0.6 is 0 Å². The van der Waals surface area contributed by atoms with Crippen LogP contribution in [0.1, 0.15) is 17.3 Å². The number of carbonyl (C=O) groups excluding carboxylic acids is 4. The summed E-state index contributed by atoms with van der Waals surface area (Å²) in [5.41, 5.74) is -0.261. The first-order valence-corrected chi connectivity index (χ1v) is 6.28. The Hall–Kier alpha value is -3.30. The molecule has 0 aromatic heterocycles. The average Bonchev–Trinajstić information content (AvgIpc) is 2.53. The molecule has 10 nitrogen and oxygen atoms in total. The normalized spacial score (nSPS) is 9.50. The van der Waals surface area contributed by atoms with E-state index in [9.17, 15) is 19.2 Å². The Bertz CT molecular complexity index is 625. The van der Waals surface area contributed by atoms with Crippen LogP contribution in [-0.4, -0.2) is 45.6 Å². The second kappa shape index (κ2) is 8.36. The molecule has 0 heterocycles. The van der Waals surface area contributed by atoms with Gasteiger partial charge in [-0.05, 0) is 6.92 Å². The minimum atomic E-state index is -1.14. The SMILES string of the molecule is COC(=O)Oc1cc(OC(=O)OC)c(C(C)=O)c(OC(=O)OC)c1. The van der Waals surface area contributed by atoms with E-state index >= 15 is 0 Å². The monoisotopic (exact) mass is 342 g/mol. The van der Waals surface area contributed by atoms with Gasteiger partial charge in [0.2, 0.25) is 0 Å². The highest BCUT2D eigenvalue weighted by atomic mass is 16.7. The number of carbonyl (C=O) groups is 4. The molecular formula is C14H14O10. The molecule has 0 spiro atoms. The molecule has 1 rings (SSSR count). The van der Waals surface area contributed by atoms with Crippen molar-refractivity contribution in [3.63, 3.8) is 0 Å². The molecule has 0 aliphatic rings. The van der Waals surface area contributed by atoms with Crippen LogP contribution < -0.4 is 14.2 Å². The van der Waals surface area contributed by atoms with Crippen molar-refractivity contribution in [2.75, 3.05) is 21.3 Å². The summed E-state index contributed by atoms with van der Waals surface area (Å²) in [4.78, 5) is 45.7. The number of Topliss-reactive ketones (excluding diaryl/α,β-unsaturated/α-hetero) is 1. The number of benzene rings is 1. The van der Waals surface area contributed by atoms with E-state index in [-0.39, 0.29) is 22.8 Å². The molecule has 0 amide bonds. The van der Waals surface area contributed by atoms with Crippen molar-refractivity contribution >= 4 is 24.2 Å². The molecule has 24 heavy (non-hydrogen) atoms. The van der Waals surface area contributed by atoms with Gasteiger partial charge in [-0.15, -0.1) is 0 Å².